The van der Waals surface area contributed by atoms with Crippen molar-refractivity contribution in [1.82, 2.24) is 4.90 Å². The first-order valence-corrected chi connectivity index (χ1v) is 7.50. The molecule has 3 rings (SSSR count). The van der Waals surface area contributed by atoms with E-state index in [1.54, 1.807) is 12.1 Å². The molecule has 6 nitrogen and oxygen atoms in total. The number of hydrogen-bond acceptors (Lipinski definition) is 4. The van der Waals surface area contributed by atoms with E-state index in [0.717, 1.165) is 0 Å². The number of nitrogens with zero attached hydrogens (tertiary/aromatic N) is 1. The highest BCUT2D eigenvalue weighted by Crippen LogP contribution is 2.39. The van der Waals surface area contributed by atoms with Crippen LogP contribution in [0.15, 0.2) is 16.6 Å². The fourth-order valence-corrected chi connectivity index (χ4v) is 3.22. The molecule has 7 heteroatoms. The molecule has 21 heavy (non-hydrogen) atoms. The molecule has 1 aromatic rings. The van der Waals surface area contributed by atoms with E-state index in [-0.39, 0.29) is 5.91 Å². The van der Waals surface area contributed by atoms with E-state index < -0.39 is 12.0 Å². The number of hydrogen-bond donors (Lipinski definition) is 1. The minimum atomic E-state index is -0.961. The van der Waals surface area contributed by atoms with Gasteiger partial charge in [-0.3, -0.25) is 4.79 Å². The Labute approximate surface area is 129 Å². The summed E-state index contributed by atoms with van der Waals surface area (Å²) in [7, 11) is 0. The van der Waals surface area contributed by atoms with Crippen LogP contribution in [0.1, 0.15) is 23.2 Å². The van der Waals surface area contributed by atoms with Crippen molar-refractivity contribution in [2.45, 2.75) is 18.9 Å². The molecule has 1 aromatic carbocycles. The maximum Gasteiger partial charge on any atom is 0.326 e. The number of benzene rings is 1. The van der Waals surface area contributed by atoms with E-state index in [0.29, 0.717) is 54.1 Å². The number of fused-ring (bicyclic) bond motifs is 1. The number of likely N-dealkylation sites (tertiary alicyclic amines) is 1. The molecule has 1 saturated heterocycles. The molecule has 112 valence electrons. The Morgan fingerprint density at radius 3 is 2.81 bits per heavy atom. The van der Waals surface area contributed by atoms with Gasteiger partial charge in [-0.25, -0.2) is 4.79 Å². The first-order valence-electron chi connectivity index (χ1n) is 6.71. The van der Waals surface area contributed by atoms with E-state index in [2.05, 4.69) is 15.9 Å². The van der Waals surface area contributed by atoms with Gasteiger partial charge in [0.2, 0.25) is 0 Å². The zero-order chi connectivity index (χ0) is 15.0. The Balaban J connectivity index is 1.91. The van der Waals surface area contributed by atoms with E-state index >= 15 is 0 Å². The minimum absolute atomic E-state index is 0.294. The van der Waals surface area contributed by atoms with Crippen molar-refractivity contribution in [2.24, 2.45) is 0 Å². The normalized spacial score (nSPS) is 20.4. The number of carbonyl (C=O) groups is 2. The number of carboxylic acids is 1. The average Bonchev–Trinajstić information content (AvgIpc) is 2.96. The van der Waals surface area contributed by atoms with Crippen LogP contribution in [0.3, 0.4) is 0 Å². The molecule has 1 atom stereocenters. The van der Waals surface area contributed by atoms with Crippen LogP contribution in [0, 0.1) is 0 Å². The van der Waals surface area contributed by atoms with Crippen molar-refractivity contribution in [1.29, 1.82) is 0 Å². The fraction of sp³-hybridized carbons (Fsp3) is 0.429. The van der Waals surface area contributed by atoms with Gasteiger partial charge in [0.15, 0.2) is 11.5 Å². The molecule has 2 aliphatic rings. The summed E-state index contributed by atoms with van der Waals surface area (Å²) < 4.78 is 11.6. The van der Waals surface area contributed by atoms with Gasteiger partial charge in [-0.1, -0.05) is 0 Å². The molecule has 1 N–H and O–H groups in total. The second-order valence-electron chi connectivity index (χ2n) is 4.98. The summed E-state index contributed by atoms with van der Waals surface area (Å²) in [6.45, 7) is 1.35. The summed E-state index contributed by atoms with van der Waals surface area (Å²) in [6.07, 6.45) is 1.20. The predicted octanol–water partition coefficient (Wildman–Crippen LogP) is 1.91. The van der Waals surface area contributed by atoms with E-state index in [1.807, 2.05) is 0 Å². The second kappa shape index (κ2) is 5.55. The summed E-state index contributed by atoms with van der Waals surface area (Å²) in [4.78, 5) is 25.1. The molecule has 0 spiro atoms. The van der Waals surface area contributed by atoms with Crippen LogP contribution in [-0.2, 0) is 4.79 Å². The van der Waals surface area contributed by atoms with E-state index in [4.69, 9.17) is 9.47 Å². The third kappa shape index (κ3) is 2.57. The van der Waals surface area contributed by atoms with Gasteiger partial charge in [0.1, 0.15) is 19.3 Å². The van der Waals surface area contributed by atoms with Crippen LogP contribution in [0.25, 0.3) is 0 Å². The Morgan fingerprint density at radius 1 is 1.29 bits per heavy atom. The fourth-order valence-electron chi connectivity index (χ4n) is 2.67. The lowest BCUT2D eigenvalue weighted by molar-refractivity contribution is -0.141. The monoisotopic (exact) mass is 355 g/mol. The highest BCUT2D eigenvalue weighted by atomic mass is 79.9. The topological polar surface area (TPSA) is 76.1 Å². The zero-order valence-electron chi connectivity index (χ0n) is 11.2. The highest BCUT2D eigenvalue weighted by Gasteiger charge is 2.35. The average molecular weight is 356 g/mol. The summed E-state index contributed by atoms with van der Waals surface area (Å²) in [5.74, 6) is -0.172. The number of amides is 1. The molecule has 0 saturated carbocycles. The smallest absolute Gasteiger partial charge is 0.326 e. The van der Waals surface area contributed by atoms with Gasteiger partial charge in [-0.2, -0.15) is 0 Å². The molecule has 0 radical (unpaired) electrons. The van der Waals surface area contributed by atoms with Crippen LogP contribution in [0.2, 0.25) is 0 Å². The number of aliphatic carboxylic acids is 1. The van der Waals surface area contributed by atoms with Gasteiger partial charge in [-0.15, -0.1) is 0 Å². The van der Waals surface area contributed by atoms with Crippen molar-refractivity contribution in [3.05, 3.63) is 22.2 Å². The number of halogens is 1. The number of ether oxygens (including phenoxy) is 2. The van der Waals surface area contributed by atoms with Crippen LogP contribution < -0.4 is 9.47 Å². The lowest BCUT2D eigenvalue weighted by atomic mass is 10.1. The van der Waals surface area contributed by atoms with Gasteiger partial charge in [-0.05, 0) is 40.9 Å². The quantitative estimate of drug-likeness (QED) is 0.876. The first kappa shape index (κ1) is 14.2. The number of carboxylic acid groups (broad SMARTS) is 1. The lowest BCUT2D eigenvalue weighted by Gasteiger charge is -2.24. The maximum atomic E-state index is 12.5. The second-order valence-corrected chi connectivity index (χ2v) is 5.83. The van der Waals surface area contributed by atoms with Crippen molar-refractivity contribution >= 4 is 27.8 Å². The van der Waals surface area contributed by atoms with Crippen molar-refractivity contribution < 1.29 is 24.2 Å². The highest BCUT2D eigenvalue weighted by molar-refractivity contribution is 9.10. The molecule has 1 amide bonds. The van der Waals surface area contributed by atoms with E-state index in [1.165, 1.54) is 4.90 Å². The SMILES string of the molecule is O=C(O)[C@H]1CCCN1C(=O)c1cc(Br)c2c(c1)OCCO2. The number of carbonyl (C=O) groups excluding carboxylic acids is 1. The molecule has 0 unspecified atom stereocenters. The van der Waals surface area contributed by atoms with Crippen LogP contribution in [-0.4, -0.2) is 47.7 Å². The summed E-state index contributed by atoms with van der Waals surface area (Å²) in [6, 6.07) is 2.51. The van der Waals surface area contributed by atoms with Gasteiger partial charge in [0.25, 0.3) is 5.91 Å². The van der Waals surface area contributed by atoms with Crippen molar-refractivity contribution in [2.75, 3.05) is 19.8 Å². The van der Waals surface area contributed by atoms with E-state index in [9.17, 15) is 14.7 Å². The van der Waals surface area contributed by atoms with Crippen molar-refractivity contribution in [3.63, 3.8) is 0 Å². The third-order valence-electron chi connectivity index (χ3n) is 3.64. The maximum absolute atomic E-state index is 12.5. The van der Waals surface area contributed by atoms with Crippen LogP contribution in [0.5, 0.6) is 11.5 Å². The molecular formula is C14H14BrNO5. The first-order chi connectivity index (χ1) is 10.1. The van der Waals surface area contributed by atoms with Gasteiger partial charge in [0, 0.05) is 12.1 Å². The molecule has 2 aliphatic heterocycles. The van der Waals surface area contributed by atoms with Gasteiger partial charge in [0.05, 0.1) is 4.47 Å². The largest absolute Gasteiger partial charge is 0.486 e. The molecule has 0 aliphatic carbocycles. The van der Waals surface area contributed by atoms with Crippen LogP contribution >= 0.6 is 15.9 Å². The molecular weight excluding hydrogens is 342 g/mol. The number of rotatable bonds is 2. The van der Waals surface area contributed by atoms with Crippen molar-refractivity contribution in [3.8, 4) is 11.5 Å². The minimum Gasteiger partial charge on any atom is -0.486 e. The Bertz CT molecular complexity index is 603. The Kier molecular flexibility index (Phi) is 3.75. The standard InChI is InChI=1S/C14H14BrNO5/c15-9-6-8(7-11-12(9)21-5-4-20-11)13(17)16-3-1-2-10(16)14(18)19/h6-7,10H,1-5H2,(H,18,19)/t10-/m1/s1. The Hall–Kier alpha value is -1.76. The molecule has 2 heterocycles. The zero-order valence-corrected chi connectivity index (χ0v) is 12.8. The third-order valence-corrected chi connectivity index (χ3v) is 4.23. The molecule has 1 fully saturated rings. The molecule has 0 bridgehead atoms. The lowest BCUT2D eigenvalue weighted by Crippen LogP contribution is -2.40. The van der Waals surface area contributed by atoms with Crippen LogP contribution in [0.4, 0.5) is 0 Å². The predicted molar refractivity (Wildman–Crippen MR) is 76.8 cm³/mol. The summed E-state index contributed by atoms with van der Waals surface area (Å²) in [5, 5.41) is 9.18. The van der Waals surface area contributed by atoms with Gasteiger partial charge < -0.3 is 19.5 Å². The summed E-state index contributed by atoms with van der Waals surface area (Å²) in [5.41, 5.74) is 0.402. The van der Waals surface area contributed by atoms with Gasteiger partial charge >= 0.3 is 5.97 Å². The Morgan fingerprint density at radius 2 is 2.05 bits per heavy atom. The summed E-state index contributed by atoms with van der Waals surface area (Å²) >= 11 is 3.36. The molecule has 0 aromatic heterocycles.